The zero-order valence-corrected chi connectivity index (χ0v) is 13.0. The topological polar surface area (TPSA) is 110 Å². The van der Waals surface area contributed by atoms with Crippen LogP contribution in [0.4, 0.5) is 13.2 Å². The summed E-state index contributed by atoms with van der Waals surface area (Å²) < 4.78 is 80.0. The molecule has 0 aromatic rings. The second kappa shape index (κ2) is 5.58. The minimum absolute atomic E-state index is 0.0519. The highest BCUT2D eigenvalue weighted by molar-refractivity contribution is 7.86. The fraction of sp³-hybridized carbons (Fsp3) is 0.846. The van der Waals surface area contributed by atoms with Crippen molar-refractivity contribution in [3.8, 4) is 0 Å². The molecule has 2 aliphatic carbocycles. The molecule has 24 heavy (non-hydrogen) atoms. The van der Waals surface area contributed by atoms with E-state index >= 15 is 0 Å². The van der Waals surface area contributed by atoms with Gasteiger partial charge in [-0.3, -0.25) is 9.59 Å². The molecule has 6 atom stereocenters. The molecule has 0 radical (unpaired) electrons. The van der Waals surface area contributed by atoms with Crippen LogP contribution in [0, 0.1) is 23.7 Å². The molecular weight excluding hydrogens is 357 g/mol. The van der Waals surface area contributed by atoms with Gasteiger partial charge >= 0.3 is 17.2 Å². The molecule has 0 aromatic carbocycles. The SMILES string of the molecule is O=C(OCCC(F)C(F)(F)S(=O)(=O)[O-])C1C2CC3OC(=O)C1C3C2. The number of rotatable bonds is 6. The molecule has 2 bridgehead atoms. The van der Waals surface area contributed by atoms with E-state index in [2.05, 4.69) is 0 Å². The number of hydrogen-bond acceptors (Lipinski definition) is 7. The lowest BCUT2D eigenvalue weighted by molar-refractivity contribution is -0.156. The lowest BCUT2D eigenvalue weighted by Gasteiger charge is -2.24. The van der Waals surface area contributed by atoms with E-state index in [0.29, 0.717) is 12.8 Å². The quantitative estimate of drug-likeness (QED) is 0.496. The first kappa shape index (κ1) is 17.5. The Morgan fingerprint density at radius 1 is 1.42 bits per heavy atom. The van der Waals surface area contributed by atoms with Gasteiger partial charge < -0.3 is 14.0 Å². The van der Waals surface area contributed by atoms with E-state index in [1.807, 2.05) is 0 Å². The van der Waals surface area contributed by atoms with Gasteiger partial charge in [-0.05, 0) is 18.8 Å². The fourth-order valence-corrected chi connectivity index (χ4v) is 4.44. The van der Waals surface area contributed by atoms with Gasteiger partial charge in [-0.2, -0.15) is 8.78 Å². The van der Waals surface area contributed by atoms with Gasteiger partial charge in [-0.15, -0.1) is 0 Å². The highest BCUT2D eigenvalue weighted by atomic mass is 32.2. The van der Waals surface area contributed by atoms with Crippen LogP contribution in [0.15, 0.2) is 0 Å². The van der Waals surface area contributed by atoms with Crippen LogP contribution in [0.3, 0.4) is 0 Å². The van der Waals surface area contributed by atoms with Gasteiger partial charge in [-0.25, -0.2) is 12.8 Å². The minimum Gasteiger partial charge on any atom is -0.743 e. The van der Waals surface area contributed by atoms with E-state index in [4.69, 9.17) is 9.47 Å². The van der Waals surface area contributed by atoms with E-state index < -0.39 is 58.3 Å². The lowest BCUT2D eigenvalue weighted by atomic mass is 9.80. The second-order valence-corrected chi connectivity index (χ2v) is 7.81. The summed E-state index contributed by atoms with van der Waals surface area (Å²) in [5, 5.41) is -5.09. The van der Waals surface area contributed by atoms with Crippen molar-refractivity contribution in [3.63, 3.8) is 0 Å². The van der Waals surface area contributed by atoms with Crippen LogP contribution in [0.1, 0.15) is 19.3 Å². The standard InChI is InChI=1S/C13H15F3O7S/c14-8(13(15,16)24(19,20)21)1-2-22-11(17)9-5-3-6-7(4-5)23-12(18)10(6)9/h5-10H,1-4H2,(H,19,20,21)/p-1. The summed E-state index contributed by atoms with van der Waals surface area (Å²) in [5.41, 5.74) is 0. The van der Waals surface area contributed by atoms with Gasteiger partial charge in [0.15, 0.2) is 16.3 Å². The summed E-state index contributed by atoms with van der Waals surface area (Å²) in [7, 11) is -6.15. The smallest absolute Gasteiger partial charge is 0.364 e. The molecule has 0 N–H and O–H groups in total. The number of carbonyl (C=O) groups excluding carboxylic acids is 2. The average molecular weight is 371 g/mol. The summed E-state index contributed by atoms with van der Waals surface area (Å²) >= 11 is 0. The van der Waals surface area contributed by atoms with Gasteiger partial charge in [0.05, 0.1) is 18.4 Å². The molecule has 1 heterocycles. The monoisotopic (exact) mass is 371 g/mol. The molecule has 6 unspecified atom stereocenters. The third-order valence-electron chi connectivity index (χ3n) is 5.07. The minimum atomic E-state index is -6.15. The first-order valence-corrected chi connectivity index (χ1v) is 8.79. The summed E-state index contributed by atoms with van der Waals surface area (Å²) in [6.07, 6.45) is -3.44. The molecule has 0 spiro atoms. The van der Waals surface area contributed by atoms with E-state index in [-0.39, 0.29) is 17.9 Å². The third-order valence-corrected chi connectivity index (χ3v) is 5.99. The Bertz CT molecular complexity index is 662. The molecular formula is C13H14F3O7S-. The number of halogens is 3. The van der Waals surface area contributed by atoms with Gasteiger partial charge in [0.2, 0.25) is 0 Å². The predicted molar refractivity (Wildman–Crippen MR) is 68.2 cm³/mol. The van der Waals surface area contributed by atoms with Crippen LogP contribution < -0.4 is 0 Å². The van der Waals surface area contributed by atoms with Crippen molar-refractivity contribution in [3.05, 3.63) is 0 Å². The Balaban J connectivity index is 1.55. The number of fused-ring (bicyclic) bond motifs is 1. The number of ether oxygens (including phenoxy) is 2. The number of alkyl halides is 3. The maximum absolute atomic E-state index is 13.3. The van der Waals surface area contributed by atoms with Crippen molar-refractivity contribution in [2.24, 2.45) is 23.7 Å². The van der Waals surface area contributed by atoms with Gasteiger partial charge in [0.1, 0.15) is 6.10 Å². The number of hydrogen-bond donors (Lipinski definition) is 0. The van der Waals surface area contributed by atoms with Crippen LogP contribution in [0.25, 0.3) is 0 Å². The van der Waals surface area contributed by atoms with E-state index in [9.17, 15) is 35.7 Å². The van der Waals surface area contributed by atoms with E-state index in [0.717, 1.165) is 0 Å². The Morgan fingerprint density at radius 3 is 2.71 bits per heavy atom. The molecule has 136 valence electrons. The molecule has 3 aliphatic rings. The molecule has 2 saturated carbocycles. The predicted octanol–water partition coefficient (Wildman–Crippen LogP) is 0.593. The summed E-state index contributed by atoms with van der Waals surface area (Å²) in [6, 6.07) is 0. The van der Waals surface area contributed by atoms with Gasteiger partial charge in [0.25, 0.3) is 0 Å². The van der Waals surface area contributed by atoms with Crippen molar-refractivity contribution in [1.29, 1.82) is 0 Å². The third kappa shape index (κ3) is 2.57. The molecule has 0 aromatic heterocycles. The van der Waals surface area contributed by atoms with E-state index in [1.54, 1.807) is 0 Å². The largest absolute Gasteiger partial charge is 0.743 e. The second-order valence-electron chi connectivity index (χ2n) is 6.36. The maximum atomic E-state index is 13.3. The van der Waals surface area contributed by atoms with Crippen LogP contribution in [-0.4, -0.2) is 49.0 Å². The normalized spacial score (nSPS) is 35.8. The van der Waals surface area contributed by atoms with Crippen LogP contribution in [0.5, 0.6) is 0 Å². The summed E-state index contributed by atoms with van der Waals surface area (Å²) in [5.74, 6) is -2.82. The van der Waals surface area contributed by atoms with Gasteiger partial charge in [-0.1, -0.05) is 0 Å². The molecule has 3 rings (SSSR count). The van der Waals surface area contributed by atoms with Crippen molar-refractivity contribution in [2.45, 2.75) is 36.8 Å². The van der Waals surface area contributed by atoms with Crippen molar-refractivity contribution in [1.82, 2.24) is 0 Å². The highest BCUT2D eigenvalue weighted by Crippen LogP contribution is 2.57. The van der Waals surface area contributed by atoms with Crippen LogP contribution >= 0.6 is 0 Å². The Kier molecular flexibility index (Phi) is 4.06. The van der Waals surface area contributed by atoms with E-state index in [1.165, 1.54) is 0 Å². The molecule has 1 saturated heterocycles. The average Bonchev–Trinajstić information content (AvgIpc) is 3.06. The zero-order valence-electron chi connectivity index (χ0n) is 12.2. The van der Waals surface area contributed by atoms with Crippen LogP contribution in [0.2, 0.25) is 0 Å². The Morgan fingerprint density at radius 2 is 2.08 bits per heavy atom. The first-order valence-electron chi connectivity index (χ1n) is 7.38. The summed E-state index contributed by atoms with van der Waals surface area (Å²) in [4.78, 5) is 23.8. The van der Waals surface area contributed by atoms with Crippen LogP contribution in [-0.2, 0) is 29.2 Å². The molecule has 1 aliphatic heterocycles. The zero-order chi connectivity index (χ0) is 17.9. The van der Waals surface area contributed by atoms with Gasteiger partial charge in [0, 0.05) is 12.3 Å². The Hall–Kier alpha value is -1.36. The molecule has 7 nitrogen and oxygen atoms in total. The fourth-order valence-electron chi connectivity index (χ4n) is 4.01. The first-order chi connectivity index (χ1) is 11.0. The summed E-state index contributed by atoms with van der Waals surface area (Å²) in [6.45, 7) is -0.815. The Labute approximate surface area is 135 Å². The number of carbonyl (C=O) groups is 2. The highest BCUT2D eigenvalue weighted by Gasteiger charge is 2.64. The number of esters is 2. The van der Waals surface area contributed by atoms with Crippen molar-refractivity contribution < 1.29 is 45.2 Å². The molecule has 0 amide bonds. The molecule has 11 heteroatoms. The lowest BCUT2D eigenvalue weighted by Crippen LogP contribution is -2.39. The van der Waals surface area contributed by atoms with Crippen molar-refractivity contribution >= 4 is 22.1 Å². The molecule has 3 fully saturated rings. The van der Waals surface area contributed by atoms with Crippen molar-refractivity contribution in [2.75, 3.05) is 6.61 Å². The maximum Gasteiger partial charge on any atom is 0.364 e.